The van der Waals surface area contributed by atoms with E-state index in [2.05, 4.69) is 28.6 Å². The predicted octanol–water partition coefficient (Wildman–Crippen LogP) is 2.57. The predicted molar refractivity (Wildman–Crippen MR) is 75.4 cm³/mol. The van der Waals surface area contributed by atoms with Crippen molar-refractivity contribution in [1.29, 1.82) is 0 Å². The Kier molecular flexibility index (Phi) is 4.15. The first-order valence-corrected chi connectivity index (χ1v) is 7.00. The number of hydrogen-bond donors (Lipinski definition) is 2. The Morgan fingerprint density at radius 1 is 1.58 bits per heavy atom. The van der Waals surface area contributed by atoms with Gasteiger partial charge in [0.2, 0.25) is 5.91 Å². The maximum absolute atomic E-state index is 13.3. The molecule has 19 heavy (non-hydrogen) atoms. The maximum atomic E-state index is 13.3. The molecular weight excluding hydrogens is 337 g/mol. The lowest BCUT2D eigenvalue weighted by molar-refractivity contribution is -0.117. The number of halogens is 2. The molecule has 1 aliphatic rings. The fourth-order valence-corrected chi connectivity index (χ4v) is 3.01. The Labute approximate surface area is 123 Å². The Balaban J connectivity index is 2.50. The first kappa shape index (κ1) is 14.3. The molecule has 1 unspecified atom stereocenters. The van der Waals surface area contributed by atoms with Gasteiger partial charge in [-0.15, -0.1) is 0 Å². The van der Waals surface area contributed by atoms with E-state index in [1.807, 2.05) is 0 Å². The van der Waals surface area contributed by atoms with E-state index >= 15 is 0 Å². The average Bonchev–Trinajstić information content (AvgIpc) is 2.69. The van der Waals surface area contributed by atoms with Crippen molar-refractivity contribution in [2.24, 2.45) is 5.92 Å². The van der Waals surface area contributed by atoms with E-state index in [1.54, 1.807) is 0 Å². The Morgan fingerprint density at radius 2 is 2.26 bits per heavy atom. The van der Waals surface area contributed by atoms with Crippen molar-refractivity contribution >= 4 is 46.1 Å². The highest BCUT2D eigenvalue weighted by Crippen LogP contribution is 2.35. The van der Waals surface area contributed by atoms with E-state index in [9.17, 15) is 14.0 Å². The number of benzene rings is 1. The van der Waals surface area contributed by atoms with Gasteiger partial charge in [0.05, 0.1) is 11.3 Å². The van der Waals surface area contributed by atoms with Crippen molar-refractivity contribution in [3.05, 3.63) is 28.0 Å². The van der Waals surface area contributed by atoms with Crippen LogP contribution in [0.3, 0.4) is 0 Å². The van der Waals surface area contributed by atoms with Gasteiger partial charge in [0.25, 0.3) is 0 Å². The van der Waals surface area contributed by atoms with Crippen molar-refractivity contribution in [3.63, 3.8) is 0 Å². The number of amides is 1. The van der Waals surface area contributed by atoms with Gasteiger partial charge in [0, 0.05) is 17.4 Å². The lowest BCUT2D eigenvalue weighted by atomic mass is 10.1. The van der Waals surface area contributed by atoms with Crippen LogP contribution < -0.4 is 4.90 Å². The number of hydrogen-bond acceptors (Lipinski definition) is 3. The van der Waals surface area contributed by atoms with Crippen molar-refractivity contribution in [1.82, 2.24) is 0 Å². The summed E-state index contributed by atoms with van der Waals surface area (Å²) in [7, 11) is 0. The van der Waals surface area contributed by atoms with E-state index in [0.717, 1.165) is 12.1 Å². The molecule has 7 heteroatoms. The number of anilines is 1. The van der Waals surface area contributed by atoms with Crippen LogP contribution in [-0.4, -0.2) is 29.3 Å². The van der Waals surface area contributed by atoms with E-state index < -0.39 is 11.8 Å². The zero-order chi connectivity index (χ0) is 14.2. The molecule has 0 radical (unpaired) electrons. The van der Waals surface area contributed by atoms with Crippen LogP contribution in [0.15, 0.2) is 16.6 Å². The Bertz CT molecular complexity index is 552. The molecule has 0 aromatic heterocycles. The van der Waals surface area contributed by atoms with Gasteiger partial charge in [0.15, 0.2) is 0 Å². The number of carboxylic acids is 1. The highest BCUT2D eigenvalue weighted by atomic mass is 79.9. The molecule has 2 rings (SSSR count). The number of thiol groups is 1. The molecule has 1 aliphatic heterocycles. The van der Waals surface area contributed by atoms with Gasteiger partial charge in [-0.1, -0.05) is 0 Å². The van der Waals surface area contributed by atoms with Gasteiger partial charge in [-0.3, -0.25) is 4.79 Å². The molecular formula is C12H11BrFNO3S. The smallest absolute Gasteiger partial charge is 0.337 e. The Morgan fingerprint density at radius 3 is 2.79 bits per heavy atom. The second-order valence-electron chi connectivity index (χ2n) is 4.35. The van der Waals surface area contributed by atoms with Crippen LogP contribution in [0.5, 0.6) is 0 Å². The van der Waals surface area contributed by atoms with Crippen molar-refractivity contribution in [2.75, 3.05) is 17.2 Å². The summed E-state index contributed by atoms with van der Waals surface area (Å²) < 4.78 is 13.5. The van der Waals surface area contributed by atoms with Crippen LogP contribution in [0.4, 0.5) is 10.1 Å². The number of carboxylic acid groups (broad SMARTS) is 1. The number of aromatic carboxylic acids is 1. The number of rotatable bonds is 3. The zero-order valence-electron chi connectivity index (χ0n) is 9.77. The standard InChI is InChI=1S/C12H11BrFNO3S/c13-9-3-7(14)2-8(12(17)18)11(9)15-4-6(5-19)1-10(15)16/h2-3,6,19H,1,4-5H2,(H,17,18). The minimum atomic E-state index is -1.27. The second-order valence-corrected chi connectivity index (χ2v) is 5.57. The normalized spacial score (nSPS) is 19.0. The third kappa shape index (κ3) is 2.76. The minimum Gasteiger partial charge on any atom is -0.478 e. The van der Waals surface area contributed by atoms with Gasteiger partial charge >= 0.3 is 5.97 Å². The number of carbonyl (C=O) groups is 2. The fraction of sp³-hybridized carbons (Fsp3) is 0.333. The molecule has 1 N–H and O–H groups in total. The van der Waals surface area contributed by atoms with E-state index in [0.29, 0.717) is 18.7 Å². The van der Waals surface area contributed by atoms with Crippen molar-refractivity contribution in [2.45, 2.75) is 6.42 Å². The molecule has 1 atom stereocenters. The van der Waals surface area contributed by atoms with Gasteiger partial charge in [-0.2, -0.15) is 12.6 Å². The summed E-state index contributed by atoms with van der Waals surface area (Å²) in [4.78, 5) is 24.5. The molecule has 1 fully saturated rings. The van der Waals surface area contributed by atoms with Gasteiger partial charge in [-0.25, -0.2) is 9.18 Å². The molecule has 1 heterocycles. The van der Waals surface area contributed by atoms with Gasteiger partial charge in [-0.05, 0) is 39.7 Å². The molecule has 0 bridgehead atoms. The Hall–Kier alpha value is -1.08. The third-order valence-electron chi connectivity index (χ3n) is 2.99. The minimum absolute atomic E-state index is 0.0782. The highest BCUT2D eigenvalue weighted by Gasteiger charge is 2.33. The third-order valence-corrected chi connectivity index (χ3v) is 4.11. The molecule has 1 aromatic rings. The first-order chi connectivity index (χ1) is 8.93. The molecule has 0 aliphatic carbocycles. The highest BCUT2D eigenvalue weighted by molar-refractivity contribution is 9.10. The largest absolute Gasteiger partial charge is 0.478 e. The van der Waals surface area contributed by atoms with Crippen LogP contribution in [-0.2, 0) is 4.79 Å². The summed E-state index contributed by atoms with van der Waals surface area (Å²) in [6.45, 7) is 0.396. The molecule has 1 amide bonds. The van der Waals surface area contributed by atoms with E-state index in [4.69, 9.17) is 5.11 Å². The molecule has 102 valence electrons. The second kappa shape index (κ2) is 5.50. The summed E-state index contributed by atoms with van der Waals surface area (Å²) in [6, 6.07) is 2.08. The lowest BCUT2D eigenvalue weighted by Gasteiger charge is -2.20. The average molecular weight is 348 g/mol. The van der Waals surface area contributed by atoms with Crippen LogP contribution in [0.2, 0.25) is 0 Å². The van der Waals surface area contributed by atoms with Gasteiger partial charge in [0.1, 0.15) is 5.82 Å². The first-order valence-electron chi connectivity index (χ1n) is 5.57. The van der Waals surface area contributed by atoms with Crippen LogP contribution in [0, 0.1) is 11.7 Å². The molecule has 0 spiro atoms. The summed E-state index contributed by atoms with van der Waals surface area (Å²) in [6.07, 6.45) is 0.326. The van der Waals surface area contributed by atoms with Crippen molar-refractivity contribution in [3.8, 4) is 0 Å². The lowest BCUT2D eigenvalue weighted by Crippen LogP contribution is -2.27. The van der Waals surface area contributed by atoms with Crippen molar-refractivity contribution < 1.29 is 19.1 Å². The van der Waals surface area contributed by atoms with Crippen LogP contribution >= 0.6 is 28.6 Å². The van der Waals surface area contributed by atoms with E-state index in [1.165, 1.54) is 4.90 Å². The topological polar surface area (TPSA) is 57.6 Å². The van der Waals surface area contributed by atoms with Crippen LogP contribution in [0.1, 0.15) is 16.8 Å². The fourth-order valence-electron chi connectivity index (χ4n) is 2.12. The summed E-state index contributed by atoms with van der Waals surface area (Å²) in [5.41, 5.74) is -0.0109. The van der Waals surface area contributed by atoms with Gasteiger partial charge < -0.3 is 10.0 Å². The maximum Gasteiger partial charge on any atom is 0.337 e. The molecule has 4 nitrogen and oxygen atoms in total. The summed E-state index contributed by atoms with van der Waals surface area (Å²) >= 11 is 7.28. The molecule has 0 saturated carbocycles. The monoisotopic (exact) mass is 347 g/mol. The number of carbonyl (C=O) groups excluding carboxylic acids is 1. The summed E-state index contributed by atoms with van der Waals surface area (Å²) in [5.74, 6) is -1.48. The molecule has 1 saturated heterocycles. The summed E-state index contributed by atoms with van der Waals surface area (Å²) in [5, 5.41) is 9.14. The van der Waals surface area contributed by atoms with E-state index in [-0.39, 0.29) is 27.5 Å². The molecule has 1 aromatic carbocycles. The number of nitrogens with zero attached hydrogens (tertiary/aromatic N) is 1. The SMILES string of the molecule is O=C(O)c1cc(F)cc(Br)c1N1CC(CS)CC1=O. The quantitative estimate of drug-likeness (QED) is 0.826. The zero-order valence-corrected chi connectivity index (χ0v) is 12.2. The van der Waals surface area contributed by atoms with Crippen LogP contribution in [0.25, 0.3) is 0 Å².